The molecule has 1 aliphatic carbocycles. The van der Waals surface area contributed by atoms with Crippen LogP contribution in [0, 0.1) is 0 Å². The van der Waals surface area contributed by atoms with Crippen molar-refractivity contribution >= 4 is 11.8 Å². The van der Waals surface area contributed by atoms with E-state index in [1.54, 1.807) is 6.20 Å². The maximum Gasteiger partial charge on any atom is 0.317 e. The SMILES string of the molecule is CCNC(=O)N1CCN(c2ccc(-c3noc(C4CCCC4)n3)cn2)CC1. The van der Waals surface area contributed by atoms with Gasteiger partial charge in [0.1, 0.15) is 5.82 Å². The summed E-state index contributed by atoms with van der Waals surface area (Å²) >= 11 is 0. The van der Waals surface area contributed by atoms with Crippen molar-refractivity contribution in [3.63, 3.8) is 0 Å². The van der Waals surface area contributed by atoms with Gasteiger partial charge in [0.05, 0.1) is 0 Å². The second-order valence-corrected chi connectivity index (χ2v) is 7.15. The number of amides is 2. The second kappa shape index (κ2) is 7.94. The molecule has 8 heteroatoms. The van der Waals surface area contributed by atoms with Gasteiger partial charge in [0.25, 0.3) is 0 Å². The number of pyridine rings is 1. The van der Waals surface area contributed by atoms with Crippen LogP contribution in [0.2, 0.25) is 0 Å². The van der Waals surface area contributed by atoms with Gasteiger partial charge in [-0.05, 0) is 31.9 Å². The van der Waals surface area contributed by atoms with Crippen LogP contribution in [0.25, 0.3) is 11.4 Å². The minimum atomic E-state index is 0.00984. The Kier molecular flexibility index (Phi) is 5.22. The first-order valence-electron chi connectivity index (χ1n) is 9.82. The van der Waals surface area contributed by atoms with Crippen LogP contribution in [0.5, 0.6) is 0 Å². The van der Waals surface area contributed by atoms with Crippen molar-refractivity contribution in [2.24, 2.45) is 0 Å². The van der Waals surface area contributed by atoms with Crippen LogP contribution in [0.15, 0.2) is 22.9 Å². The number of hydrogen-bond donors (Lipinski definition) is 1. The van der Waals surface area contributed by atoms with E-state index in [1.165, 1.54) is 12.8 Å². The summed E-state index contributed by atoms with van der Waals surface area (Å²) in [5.74, 6) is 2.69. The van der Waals surface area contributed by atoms with Crippen LogP contribution in [-0.4, -0.2) is 58.8 Å². The highest BCUT2D eigenvalue weighted by Gasteiger charge is 2.24. The number of nitrogens with zero attached hydrogens (tertiary/aromatic N) is 5. The molecule has 0 radical (unpaired) electrons. The lowest BCUT2D eigenvalue weighted by Gasteiger charge is -2.35. The molecule has 2 aromatic rings. The number of nitrogens with one attached hydrogen (secondary N) is 1. The average Bonchev–Trinajstić information content (AvgIpc) is 3.40. The number of anilines is 1. The van der Waals surface area contributed by atoms with Gasteiger partial charge >= 0.3 is 6.03 Å². The lowest BCUT2D eigenvalue weighted by molar-refractivity contribution is 0.195. The minimum Gasteiger partial charge on any atom is -0.353 e. The number of urea groups is 1. The highest BCUT2D eigenvalue weighted by molar-refractivity contribution is 5.74. The molecule has 1 aliphatic heterocycles. The third kappa shape index (κ3) is 3.89. The van der Waals surface area contributed by atoms with E-state index in [-0.39, 0.29) is 6.03 Å². The number of hydrogen-bond acceptors (Lipinski definition) is 6. The molecule has 0 atom stereocenters. The molecule has 4 rings (SSSR count). The molecule has 1 N–H and O–H groups in total. The summed E-state index contributed by atoms with van der Waals surface area (Å²) in [5.41, 5.74) is 0.868. The first-order chi connectivity index (χ1) is 13.2. The Balaban J connectivity index is 1.37. The monoisotopic (exact) mass is 370 g/mol. The van der Waals surface area contributed by atoms with E-state index in [1.807, 2.05) is 24.0 Å². The van der Waals surface area contributed by atoms with Crippen molar-refractivity contribution in [1.29, 1.82) is 0 Å². The van der Waals surface area contributed by atoms with E-state index in [4.69, 9.17) is 4.52 Å². The van der Waals surface area contributed by atoms with Crippen LogP contribution in [0.3, 0.4) is 0 Å². The zero-order valence-electron chi connectivity index (χ0n) is 15.7. The Morgan fingerprint density at radius 2 is 2.00 bits per heavy atom. The maximum absolute atomic E-state index is 11.9. The van der Waals surface area contributed by atoms with Crippen LogP contribution < -0.4 is 10.2 Å². The molecule has 27 heavy (non-hydrogen) atoms. The van der Waals surface area contributed by atoms with Crippen molar-refractivity contribution in [3.8, 4) is 11.4 Å². The summed E-state index contributed by atoms with van der Waals surface area (Å²) in [7, 11) is 0. The number of carbonyl (C=O) groups excluding carboxylic acids is 1. The molecule has 0 spiro atoms. The van der Waals surface area contributed by atoms with Crippen molar-refractivity contribution in [1.82, 2.24) is 25.3 Å². The summed E-state index contributed by atoms with van der Waals surface area (Å²) in [5, 5.41) is 6.98. The van der Waals surface area contributed by atoms with Gasteiger partial charge in [-0.3, -0.25) is 0 Å². The van der Waals surface area contributed by atoms with Crippen LogP contribution >= 0.6 is 0 Å². The number of carbonyl (C=O) groups is 1. The Bertz CT molecular complexity index is 761. The quantitative estimate of drug-likeness (QED) is 0.890. The molecule has 0 bridgehead atoms. The molecule has 0 aromatic carbocycles. The number of aromatic nitrogens is 3. The molecular weight excluding hydrogens is 344 g/mol. The normalized spacial score (nSPS) is 18.1. The lowest BCUT2D eigenvalue weighted by Crippen LogP contribution is -2.52. The first-order valence-corrected chi connectivity index (χ1v) is 9.82. The fourth-order valence-electron chi connectivity index (χ4n) is 3.80. The molecular formula is C19H26N6O2. The van der Waals surface area contributed by atoms with Crippen molar-refractivity contribution < 1.29 is 9.32 Å². The van der Waals surface area contributed by atoms with Crippen molar-refractivity contribution in [2.45, 2.75) is 38.5 Å². The number of rotatable bonds is 4. The van der Waals surface area contributed by atoms with Crippen LogP contribution in [-0.2, 0) is 0 Å². The number of piperazine rings is 1. The molecule has 3 heterocycles. The van der Waals surface area contributed by atoms with Gasteiger partial charge in [0, 0.05) is 50.4 Å². The highest BCUT2D eigenvalue weighted by atomic mass is 16.5. The largest absolute Gasteiger partial charge is 0.353 e. The molecule has 144 valence electrons. The van der Waals surface area contributed by atoms with E-state index in [0.29, 0.717) is 31.4 Å². The summed E-state index contributed by atoms with van der Waals surface area (Å²) in [6, 6.07) is 3.99. The summed E-state index contributed by atoms with van der Waals surface area (Å²) in [4.78, 5) is 25.1. The zero-order chi connectivity index (χ0) is 18.6. The van der Waals surface area contributed by atoms with Crippen molar-refractivity contribution in [3.05, 3.63) is 24.2 Å². The molecule has 2 amide bonds. The van der Waals surface area contributed by atoms with E-state index in [0.717, 1.165) is 43.2 Å². The highest BCUT2D eigenvalue weighted by Crippen LogP contribution is 2.33. The second-order valence-electron chi connectivity index (χ2n) is 7.15. The Morgan fingerprint density at radius 1 is 1.22 bits per heavy atom. The molecule has 8 nitrogen and oxygen atoms in total. The van der Waals surface area contributed by atoms with E-state index >= 15 is 0 Å². The van der Waals surface area contributed by atoms with Crippen molar-refractivity contribution in [2.75, 3.05) is 37.6 Å². The third-order valence-electron chi connectivity index (χ3n) is 5.37. The van der Waals surface area contributed by atoms with Gasteiger partial charge in [-0.2, -0.15) is 4.98 Å². The maximum atomic E-state index is 11.9. The van der Waals surface area contributed by atoms with Gasteiger partial charge in [-0.1, -0.05) is 18.0 Å². The van der Waals surface area contributed by atoms with Gasteiger partial charge in [-0.25, -0.2) is 9.78 Å². The molecule has 1 saturated carbocycles. The first kappa shape index (κ1) is 17.8. The fraction of sp³-hybridized carbons (Fsp3) is 0.579. The van der Waals surface area contributed by atoms with Gasteiger partial charge in [0.15, 0.2) is 0 Å². The lowest BCUT2D eigenvalue weighted by atomic mass is 10.1. The summed E-state index contributed by atoms with van der Waals surface area (Å²) in [6.07, 6.45) is 6.56. The van der Waals surface area contributed by atoms with E-state index in [2.05, 4.69) is 25.3 Å². The third-order valence-corrected chi connectivity index (χ3v) is 5.37. The topological polar surface area (TPSA) is 87.4 Å². The van der Waals surface area contributed by atoms with Crippen LogP contribution in [0.4, 0.5) is 10.6 Å². The molecule has 0 unspecified atom stereocenters. The zero-order valence-corrected chi connectivity index (χ0v) is 15.7. The summed E-state index contributed by atoms with van der Waals surface area (Å²) in [6.45, 7) is 5.53. The predicted molar refractivity (Wildman–Crippen MR) is 102 cm³/mol. The van der Waals surface area contributed by atoms with Gasteiger partial charge < -0.3 is 19.6 Å². The smallest absolute Gasteiger partial charge is 0.317 e. The molecule has 1 saturated heterocycles. The Labute approximate surface area is 158 Å². The Morgan fingerprint density at radius 3 is 2.67 bits per heavy atom. The molecule has 2 aromatic heterocycles. The van der Waals surface area contributed by atoms with E-state index < -0.39 is 0 Å². The van der Waals surface area contributed by atoms with Crippen LogP contribution in [0.1, 0.15) is 44.4 Å². The minimum absolute atomic E-state index is 0.00984. The fourth-order valence-corrected chi connectivity index (χ4v) is 3.80. The van der Waals surface area contributed by atoms with Gasteiger partial charge in [-0.15, -0.1) is 0 Å². The standard InChI is InChI=1S/C19H26N6O2/c1-2-20-19(26)25-11-9-24(10-12-25)16-8-7-15(13-21-16)17-22-18(27-23-17)14-5-3-4-6-14/h7-8,13-14H,2-6,9-12H2,1H3,(H,20,26). The Hall–Kier alpha value is -2.64. The van der Waals surface area contributed by atoms with E-state index in [9.17, 15) is 4.79 Å². The average molecular weight is 370 g/mol. The predicted octanol–water partition coefficient (Wildman–Crippen LogP) is 2.64. The van der Waals surface area contributed by atoms with Gasteiger partial charge in [0.2, 0.25) is 11.7 Å². The molecule has 2 fully saturated rings. The summed E-state index contributed by atoms with van der Waals surface area (Å²) < 4.78 is 5.46. The molecule has 2 aliphatic rings.